The van der Waals surface area contributed by atoms with Crippen LogP contribution >= 0.6 is 0 Å². The van der Waals surface area contributed by atoms with Gasteiger partial charge in [0, 0.05) is 11.1 Å². The van der Waals surface area contributed by atoms with Crippen LogP contribution in [0.5, 0.6) is 0 Å². The average molecular weight is 389 g/mol. The molecule has 1 aliphatic rings. The van der Waals surface area contributed by atoms with E-state index < -0.39 is 24.1 Å². The Labute approximate surface area is 165 Å². The van der Waals surface area contributed by atoms with Crippen molar-refractivity contribution in [3.8, 4) is 11.1 Å². The van der Waals surface area contributed by atoms with Gasteiger partial charge in [-0.1, -0.05) is 42.5 Å². The third-order valence-electron chi connectivity index (χ3n) is 4.87. The maximum Gasteiger partial charge on any atom is 0.337 e. The van der Waals surface area contributed by atoms with Gasteiger partial charge >= 0.3 is 11.9 Å². The highest BCUT2D eigenvalue weighted by molar-refractivity contribution is 6.14. The fourth-order valence-corrected chi connectivity index (χ4v) is 3.45. The molecule has 1 amide bonds. The van der Waals surface area contributed by atoms with Crippen molar-refractivity contribution in [3.63, 3.8) is 0 Å². The van der Waals surface area contributed by atoms with E-state index in [2.05, 4.69) is 0 Å². The summed E-state index contributed by atoms with van der Waals surface area (Å²) in [5.41, 5.74) is 1.50. The first-order chi connectivity index (χ1) is 13.9. The van der Waals surface area contributed by atoms with Gasteiger partial charge in [0.15, 0.2) is 6.23 Å². The molecule has 0 bridgehead atoms. The SMILES string of the molecule is O=C(O)c1ccc2c(c1)C(=O)N(c1ccc(-c3ccccc3)cc1C(=O)O)C2O. The summed E-state index contributed by atoms with van der Waals surface area (Å²) in [7, 11) is 0. The number of nitrogens with zero attached hydrogens (tertiary/aromatic N) is 1. The van der Waals surface area contributed by atoms with E-state index in [4.69, 9.17) is 5.11 Å². The number of carboxylic acids is 2. The predicted octanol–water partition coefficient (Wildman–Crippen LogP) is 3.40. The third-order valence-corrected chi connectivity index (χ3v) is 4.87. The minimum atomic E-state index is -1.42. The number of carbonyl (C=O) groups excluding carboxylic acids is 1. The van der Waals surface area contributed by atoms with E-state index in [1.165, 1.54) is 30.3 Å². The van der Waals surface area contributed by atoms with Gasteiger partial charge < -0.3 is 15.3 Å². The van der Waals surface area contributed by atoms with Gasteiger partial charge in [-0.2, -0.15) is 0 Å². The Morgan fingerprint density at radius 2 is 1.55 bits per heavy atom. The lowest BCUT2D eigenvalue weighted by Gasteiger charge is -2.23. The summed E-state index contributed by atoms with van der Waals surface area (Å²) < 4.78 is 0. The normalized spacial score (nSPS) is 15.3. The first kappa shape index (κ1) is 18.4. The van der Waals surface area contributed by atoms with Gasteiger partial charge in [-0.25, -0.2) is 9.59 Å². The van der Waals surface area contributed by atoms with Crippen LogP contribution in [-0.2, 0) is 0 Å². The minimum absolute atomic E-state index is 0.0286. The van der Waals surface area contributed by atoms with Crippen LogP contribution in [-0.4, -0.2) is 33.2 Å². The Hall–Kier alpha value is -3.97. The Kier molecular flexibility index (Phi) is 4.37. The van der Waals surface area contributed by atoms with Crippen LogP contribution in [0.4, 0.5) is 5.69 Å². The smallest absolute Gasteiger partial charge is 0.337 e. The number of rotatable bonds is 4. The van der Waals surface area contributed by atoms with Crippen molar-refractivity contribution in [2.75, 3.05) is 4.90 Å². The Balaban J connectivity index is 1.81. The molecule has 7 nitrogen and oxygen atoms in total. The van der Waals surface area contributed by atoms with E-state index in [0.717, 1.165) is 10.5 Å². The van der Waals surface area contributed by atoms with Gasteiger partial charge in [0.05, 0.1) is 16.8 Å². The Morgan fingerprint density at radius 3 is 2.21 bits per heavy atom. The summed E-state index contributed by atoms with van der Waals surface area (Å²) >= 11 is 0. The van der Waals surface area contributed by atoms with E-state index in [9.17, 15) is 24.6 Å². The maximum absolute atomic E-state index is 12.9. The van der Waals surface area contributed by atoms with Gasteiger partial charge in [-0.05, 0) is 35.4 Å². The molecular formula is C22H15NO6. The third kappa shape index (κ3) is 3.03. The molecule has 3 N–H and O–H groups in total. The molecule has 1 aliphatic heterocycles. The molecule has 0 aromatic heterocycles. The van der Waals surface area contributed by atoms with E-state index in [1.54, 1.807) is 6.07 Å². The molecule has 3 aromatic carbocycles. The molecule has 3 aromatic rings. The Morgan fingerprint density at radius 1 is 0.828 bits per heavy atom. The lowest BCUT2D eigenvalue weighted by atomic mass is 10.0. The number of fused-ring (bicyclic) bond motifs is 1. The molecule has 0 saturated heterocycles. The average Bonchev–Trinajstić information content (AvgIpc) is 2.98. The fraction of sp³-hybridized carbons (Fsp3) is 0.0455. The predicted molar refractivity (Wildman–Crippen MR) is 104 cm³/mol. The minimum Gasteiger partial charge on any atom is -0.478 e. The molecule has 0 radical (unpaired) electrons. The summed E-state index contributed by atoms with van der Waals surface area (Å²) in [4.78, 5) is 36.9. The number of aliphatic hydroxyl groups excluding tert-OH is 1. The zero-order valence-electron chi connectivity index (χ0n) is 14.9. The van der Waals surface area contributed by atoms with Gasteiger partial charge in [0.1, 0.15) is 0 Å². The number of hydrogen-bond donors (Lipinski definition) is 3. The molecule has 0 saturated carbocycles. The number of hydrogen-bond acceptors (Lipinski definition) is 4. The zero-order valence-corrected chi connectivity index (χ0v) is 14.9. The number of carboxylic acid groups (broad SMARTS) is 2. The van der Waals surface area contributed by atoms with Crippen molar-refractivity contribution in [1.29, 1.82) is 0 Å². The number of aromatic carboxylic acids is 2. The van der Waals surface area contributed by atoms with Crippen molar-refractivity contribution in [2.45, 2.75) is 6.23 Å². The standard InChI is InChI=1S/C22H15NO6/c24-19-15-8-6-14(21(26)27)11-16(15)20(25)23(19)18-9-7-13(10-17(18)22(28)29)12-4-2-1-3-5-12/h1-11,19,24H,(H,26,27)(H,28,29). The number of aliphatic hydroxyl groups is 1. The number of carbonyl (C=O) groups is 3. The second-order valence-corrected chi connectivity index (χ2v) is 6.56. The maximum atomic E-state index is 12.9. The van der Waals surface area contributed by atoms with Crippen LogP contribution in [0.1, 0.15) is 42.9 Å². The van der Waals surface area contributed by atoms with Crippen molar-refractivity contribution in [1.82, 2.24) is 0 Å². The molecular weight excluding hydrogens is 374 g/mol. The fourth-order valence-electron chi connectivity index (χ4n) is 3.45. The van der Waals surface area contributed by atoms with Crippen LogP contribution in [0.15, 0.2) is 66.7 Å². The monoisotopic (exact) mass is 389 g/mol. The number of anilines is 1. The van der Waals surface area contributed by atoms with Gasteiger partial charge in [0.2, 0.25) is 0 Å². The molecule has 1 atom stereocenters. The lowest BCUT2D eigenvalue weighted by molar-refractivity contribution is 0.0685. The summed E-state index contributed by atoms with van der Waals surface area (Å²) in [6, 6.07) is 17.6. The lowest BCUT2D eigenvalue weighted by Crippen LogP contribution is -2.29. The second kappa shape index (κ2) is 6.88. The quantitative estimate of drug-likeness (QED) is 0.630. The first-order valence-electron chi connectivity index (χ1n) is 8.70. The largest absolute Gasteiger partial charge is 0.478 e. The van der Waals surface area contributed by atoms with E-state index >= 15 is 0 Å². The van der Waals surface area contributed by atoms with Gasteiger partial charge in [-0.15, -0.1) is 0 Å². The van der Waals surface area contributed by atoms with Crippen molar-refractivity contribution in [3.05, 3.63) is 89.0 Å². The number of benzene rings is 3. The molecule has 144 valence electrons. The van der Waals surface area contributed by atoms with E-state index in [0.29, 0.717) is 5.56 Å². The van der Waals surface area contributed by atoms with E-state index in [-0.39, 0.29) is 27.9 Å². The van der Waals surface area contributed by atoms with Crippen LogP contribution in [0, 0.1) is 0 Å². The topological polar surface area (TPSA) is 115 Å². The first-order valence-corrected chi connectivity index (χ1v) is 8.70. The second-order valence-electron chi connectivity index (χ2n) is 6.56. The van der Waals surface area contributed by atoms with Crippen LogP contribution in [0.3, 0.4) is 0 Å². The Bertz CT molecular complexity index is 1160. The van der Waals surface area contributed by atoms with Crippen LogP contribution in [0.25, 0.3) is 11.1 Å². The van der Waals surface area contributed by atoms with Crippen molar-refractivity contribution >= 4 is 23.5 Å². The highest BCUT2D eigenvalue weighted by Gasteiger charge is 2.38. The van der Waals surface area contributed by atoms with E-state index in [1.807, 2.05) is 30.3 Å². The molecule has 0 spiro atoms. The molecule has 4 rings (SSSR count). The highest BCUT2D eigenvalue weighted by Crippen LogP contribution is 2.39. The van der Waals surface area contributed by atoms with Crippen molar-refractivity contribution in [2.24, 2.45) is 0 Å². The summed E-state index contributed by atoms with van der Waals surface area (Å²) in [6.45, 7) is 0. The van der Waals surface area contributed by atoms with Gasteiger partial charge in [0.25, 0.3) is 5.91 Å². The van der Waals surface area contributed by atoms with Crippen molar-refractivity contribution < 1.29 is 29.7 Å². The van der Waals surface area contributed by atoms with Crippen LogP contribution < -0.4 is 4.90 Å². The van der Waals surface area contributed by atoms with Gasteiger partial charge in [-0.3, -0.25) is 9.69 Å². The summed E-state index contributed by atoms with van der Waals surface area (Å²) in [5.74, 6) is -3.11. The highest BCUT2D eigenvalue weighted by atomic mass is 16.4. The molecule has 7 heteroatoms. The molecule has 0 aliphatic carbocycles. The summed E-state index contributed by atoms with van der Waals surface area (Å²) in [6.07, 6.45) is -1.42. The molecule has 0 fully saturated rings. The number of amides is 1. The summed E-state index contributed by atoms with van der Waals surface area (Å²) in [5, 5.41) is 29.5. The zero-order chi connectivity index (χ0) is 20.7. The molecule has 1 heterocycles. The molecule has 1 unspecified atom stereocenters. The van der Waals surface area contributed by atoms with Crippen LogP contribution in [0.2, 0.25) is 0 Å². The molecule has 29 heavy (non-hydrogen) atoms.